The molecule has 0 bridgehead atoms. The third-order valence-corrected chi connectivity index (χ3v) is 2.71. The van der Waals surface area contributed by atoms with E-state index in [1.54, 1.807) is 12.3 Å². The molecule has 1 heterocycles. The maximum atomic E-state index is 13.4. The Morgan fingerprint density at radius 3 is 2.85 bits per heavy atom. The SMILES string of the molecule is CCCOc1cncc(-c2cc(F)ccc2C(=O)O)c1. The maximum absolute atomic E-state index is 13.4. The molecule has 0 aliphatic rings. The minimum absolute atomic E-state index is 0.0286. The normalized spacial score (nSPS) is 10.3. The van der Waals surface area contributed by atoms with Crippen LogP contribution in [-0.2, 0) is 0 Å². The van der Waals surface area contributed by atoms with Crippen LogP contribution in [0.2, 0.25) is 0 Å². The number of benzene rings is 1. The highest BCUT2D eigenvalue weighted by molar-refractivity contribution is 5.96. The van der Waals surface area contributed by atoms with E-state index in [4.69, 9.17) is 9.84 Å². The van der Waals surface area contributed by atoms with Crippen LogP contribution in [0, 0.1) is 5.82 Å². The highest BCUT2D eigenvalue weighted by Crippen LogP contribution is 2.27. The number of carbonyl (C=O) groups is 1. The second-order valence-corrected chi connectivity index (χ2v) is 4.25. The van der Waals surface area contributed by atoms with Gasteiger partial charge in [-0.15, -0.1) is 0 Å². The molecular weight excluding hydrogens is 261 g/mol. The molecule has 0 fully saturated rings. The third kappa shape index (κ3) is 3.12. The number of carboxylic acids is 1. The van der Waals surface area contributed by atoms with Crippen LogP contribution >= 0.6 is 0 Å². The minimum Gasteiger partial charge on any atom is -0.492 e. The van der Waals surface area contributed by atoms with E-state index in [1.165, 1.54) is 18.3 Å². The molecule has 0 saturated carbocycles. The van der Waals surface area contributed by atoms with Crippen LogP contribution in [-0.4, -0.2) is 22.7 Å². The molecule has 1 aromatic carbocycles. The molecule has 0 amide bonds. The van der Waals surface area contributed by atoms with Crippen molar-refractivity contribution in [2.24, 2.45) is 0 Å². The average Bonchev–Trinajstić information content (AvgIpc) is 2.45. The summed E-state index contributed by atoms with van der Waals surface area (Å²) in [4.78, 5) is 15.2. The lowest BCUT2D eigenvalue weighted by Gasteiger charge is -2.09. The second-order valence-electron chi connectivity index (χ2n) is 4.25. The first-order chi connectivity index (χ1) is 9.61. The zero-order chi connectivity index (χ0) is 14.5. The topological polar surface area (TPSA) is 59.4 Å². The fraction of sp³-hybridized carbons (Fsp3) is 0.200. The monoisotopic (exact) mass is 275 g/mol. The van der Waals surface area contributed by atoms with E-state index in [1.807, 2.05) is 6.92 Å². The van der Waals surface area contributed by atoms with E-state index in [0.717, 1.165) is 12.5 Å². The Hall–Kier alpha value is -2.43. The van der Waals surface area contributed by atoms with Crippen molar-refractivity contribution in [1.82, 2.24) is 4.98 Å². The number of nitrogens with zero attached hydrogens (tertiary/aromatic N) is 1. The van der Waals surface area contributed by atoms with Crippen LogP contribution in [0.5, 0.6) is 5.75 Å². The van der Waals surface area contributed by atoms with Crippen molar-refractivity contribution < 1.29 is 19.0 Å². The van der Waals surface area contributed by atoms with Crippen LogP contribution < -0.4 is 4.74 Å². The lowest BCUT2D eigenvalue weighted by Crippen LogP contribution is -2.01. The quantitative estimate of drug-likeness (QED) is 0.908. The van der Waals surface area contributed by atoms with Crippen molar-refractivity contribution in [1.29, 1.82) is 0 Å². The number of aromatic carboxylic acids is 1. The third-order valence-electron chi connectivity index (χ3n) is 2.71. The van der Waals surface area contributed by atoms with Crippen LogP contribution in [0.4, 0.5) is 4.39 Å². The van der Waals surface area contributed by atoms with Gasteiger partial charge in [0.15, 0.2) is 0 Å². The van der Waals surface area contributed by atoms with Crippen molar-refractivity contribution in [2.45, 2.75) is 13.3 Å². The number of ether oxygens (including phenoxy) is 1. The minimum atomic E-state index is -1.11. The molecule has 2 rings (SSSR count). The van der Waals surface area contributed by atoms with Crippen LogP contribution in [0.1, 0.15) is 23.7 Å². The van der Waals surface area contributed by atoms with Gasteiger partial charge in [0.2, 0.25) is 0 Å². The Morgan fingerprint density at radius 2 is 2.15 bits per heavy atom. The summed E-state index contributed by atoms with van der Waals surface area (Å²) in [6, 6.07) is 5.21. The summed E-state index contributed by atoms with van der Waals surface area (Å²) in [7, 11) is 0. The van der Waals surface area contributed by atoms with Crippen LogP contribution in [0.3, 0.4) is 0 Å². The molecule has 20 heavy (non-hydrogen) atoms. The first-order valence-electron chi connectivity index (χ1n) is 6.23. The lowest BCUT2D eigenvalue weighted by molar-refractivity contribution is 0.0697. The Morgan fingerprint density at radius 1 is 1.35 bits per heavy atom. The summed E-state index contributed by atoms with van der Waals surface area (Å²) in [6.07, 6.45) is 3.88. The molecule has 4 nitrogen and oxygen atoms in total. The van der Waals surface area contributed by atoms with Crippen molar-refractivity contribution in [2.75, 3.05) is 6.61 Å². The number of hydrogen-bond donors (Lipinski definition) is 1. The average molecular weight is 275 g/mol. The molecule has 0 spiro atoms. The molecule has 2 aromatic rings. The van der Waals surface area contributed by atoms with Gasteiger partial charge in [-0.25, -0.2) is 9.18 Å². The van der Waals surface area contributed by atoms with Gasteiger partial charge in [0.1, 0.15) is 11.6 Å². The van der Waals surface area contributed by atoms with Gasteiger partial charge in [-0.05, 0) is 30.7 Å². The molecular formula is C15H14FNO3. The van der Waals surface area contributed by atoms with Gasteiger partial charge in [0, 0.05) is 17.3 Å². The molecule has 1 N–H and O–H groups in total. The zero-order valence-corrected chi connectivity index (χ0v) is 11.0. The summed E-state index contributed by atoms with van der Waals surface area (Å²) < 4.78 is 18.8. The number of hydrogen-bond acceptors (Lipinski definition) is 3. The number of pyridine rings is 1. The predicted molar refractivity (Wildman–Crippen MR) is 72.4 cm³/mol. The summed E-state index contributed by atoms with van der Waals surface area (Å²) in [5, 5.41) is 9.15. The van der Waals surface area contributed by atoms with Gasteiger partial charge in [-0.2, -0.15) is 0 Å². The first-order valence-corrected chi connectivity index (χ1v) is 6.23. The van der Waals surface area contributed by atoms with E-state index in [9.17, 15) is 9.18 Å². The molecule has 5 heteroatoms. The molecule has 0 aliphatic carbocycles. The van der Waals surface area contributed by atoms with Crippen molar-refractivity contribution in [3.05, 3.63) is 48.0 Å². The van der Waals surface area contributed by atoms with E-state index in [2.05, 4.69) is 4.98 Å². The molecule has 0 radical (unpaired) electrons. The van der Waals surface area contributed by atoms with Crippen molar-refractivity contribution >= 4 is 5.97 Å². The maximum Gasteiger partial charge on any atom is 0.336 e. The largest absolute Gasteiger partial charge is 0.492 e. The van der Waals surface area contributed by atoms with E-state index < -0.39 is 11.8 Å². The van der Waals surface area contributed by atoms with Gasteiger partial charge >= 0.3 is 5.97 Å². The molecule has 0 atom stereocenters. The summed E-state index contributed by atoms with van der Waals surface area (Å²) in [5.74, 6) is -1.07. The highest BCUT2D eigenvalue weighted by atomic mass is 19.1. The standard InChI is InChI=1S/C15H14FNO3/c1-2-5-20-12-6-10(8-17-9-12)14-7-11(16)3-4-13(14)15(18)19/h3-4,6-9H,2,5H2,1H3,(H,18,19). The van der Waals surface area contributed by atoms with Crippen molar-refractivity contribution in [3.8, 4) is 16.9 Å². The fourth-order valence-corrected chi connectivity index (χ4v) is 1.81. The van der Waals surface area contributed by atoms with Gasteiger partial charge in [0.05, 0.1) is 18.4 Å². The summed E-state index contributed by atoms with van der Waals surface area (Å²) in [5.41, 5.74) is 0.822. The lowest BCUT2D eigenvalue weighted by atomic mass is 10.0. The fourth-order valence-electron chi connectivity index (χ4n) is 1.81. The molecule has 104 valence electrons. The molecule has 0 aliphatic heterocycles. The number of carboxylic acid groups (broad SMARTS) is 1. The van der Waals surface area contributed by atoms with Gasteiger partial charge in [-0.3, -0.25) is 4.98 Å². The number of halogens is 1. The Bertz CT molecular complexity index is 628. The number of rotatable bonds is 5. The molecule has 0 unspecified atom stereocenters. The number of aromatic nitrogens is 1. The first kappa shape index (κ1) is 14.0. The highest BCUT2D eigenvalue weighted by Gasteiger charge is 2.13. The second kappa shape index (κ2) is 6.14. The van der Waals surface area contributed by atoms with E-state index in [0.29, 0.717) is 17.9 Å². The molecule has 0 saturated heterocycles. The van der Waals surface area contributed by atoms with E-state index >= 15 is 0 Å². The predicted octanol–water partition coefficient (Wildman–Crippen LogP) is 3.37. The van der Waals surface area contributed by atoms with Gasteiger partial charge in [0.25, 0.3) is 0 Å². The summed E-state index contributed by atoms with van der Waals surface area (Å²) >= 11 is 0. The van der Waals surface area contributed by atoms with Gasteiger partial charge in [-0.1, -0.05) is 6.92 Å². The smallest absolute Gasteiger partial charge is 0.336 e. The molecule has 1 aromatic heterocycles. The summed E-state index contributed by atoms with van der Waals surface area (Å²) in [6.45, 7) is 2.52. The van der Waals surface area contributed by atoms with Crippen LogP contribution in [0.15, 0.2) is 36.7 Å². The van der Waals surface area contributed by atoms with Gasteiger partial charge < -0.3 is 9.84 Å². The Labute approximate surface area is 115 Å². The Kier molecular flexibility index (Phi) is 4.30. The zero-order valence-electron chi connectivity index (χ0n) is 11.0. The van der Waals surface area contributed by atoms with E-state index in [-0.39, 0.29) is 11.1 Å². The van der Waals surface area contributed by atoms with Crippen molar-refractivity contribution in [3.63, 3.8) is 0 Å². The van der Waals surface area contributed by atoms with Crippen LogP contribution in [0.25, 0.3) is 11.1 Å². The Balaban J connectivity index is 2.45.